The van der Waals surface area contributed by atoms with Crippen LogP contribution in [0.25, 0.3) is 0 Å². The molecule has 3 aromatic rings. The third-order valence-electron chi connectivity index (χ3n) is 5.94. The Morgan fingerprint density at radius 3 is 2.75 bits per heavy atom. The zero-order valence-corrected chi connectivity index (χ0v) is 19.7. The van der Waals surface area contributed by atoms with Gasteiger partial charge in [-0.05, 0) is 35.7 Å². The number of anilines is 1. The van der Waals surface area contributed by atoms with Crippen molar-refractivity contribution in [1.29, 1.82) is 0 Å². The van der Waals surface area contributed by atoms with Gasteiger partial charge in [-0.3, -0.25) is 9.59 Å². The molecule has 2 aliphatic rings. The molecule has 4 amide bonds. The molecule has 12 heteroatoms. The summed E-state index contributed by atoms with van der Waals surface area (Å²) in [7, 11) is 0. The quantitative estimate of drug-likeness (QED) is 0.413. The number of benzene rings is 2. The van der Waals surface area contributed by atoms with Crippen LogP contribution in [0.2, 0.25) is 0 Å². The third-order valence-corrected chi connectivity index (χ3v) is 6.70. The number of carboxylic acid groups (broad SMARTS) is 1. The van der Waals surface area contributed by atoms with E-state index in [-0.39, 0.29) is 24.0 Å². The number of carboxylic acids is 1. The minimum atomic E-state index is -1.23. The van der Waals surface area contributed by atoms with Crippen molar-refractivity contribution in [3.8, 4) is 11.5 Å². The number of aromatic nitrogens is 1. The van der Waals surface area contributed by atoms with E-state index in [9.17, 15) is 19.2 Å². The predicted molar refractivity (Wildman–Crippen MR) is 127 cm³/mol. The highest BCUT2D eigenvalue weighted by molar-refractivity contribution is 7.14. The molecule has 5 rings (SSSR count). The van der Waals surface area contributed by atoms with E-state index in [4.69, 9.17) is 14.6 Å². The first-order chi connectivity index (χ1) is 17.3. The van der Waals surface area contributed by atoms with Gasteiger partial charge in [0, 0.05) is 11.8 Å². The second-order valence-corrected chi connectivity index (χ2v) is 9.04. The minimum absolute atomic E-state index is 0.0477. The van der Waals surface area contributed by atoms with E-state index in [1.807, 2.05) is 25.1 Å². The summed E-state index contributed by atoms with van der Waals surface area (Å²) in [6.45, 7) is 1.93. The first-order valence-corrected chi connectivity index (χ1v) is 11.8. The summed E-state index contributed by atoms with van der Waals surface area (Å²) in [4.78, 5) is 55.8. The van der Waals surface area contributed by atoms with Gasteiger partial charge in [0.1, 0.15) is 12.1 Å². The number of fused-ring (bicyclic) bond motifs is 1. The summed E-state index contributed by atoms with van der Waals surface area (Å²) in [5.74, 6) is -1.50. The summed E-state index contributed by atoms with van der Waals surface area (Å²) >= 11 is 0.932. The topological polar surface area (TPSA) is 147 Å². The van der Waals surface area contributed by atoms with Crippen LogP contribution in [-0.2, 0) is 16.0 Å². The number of rotatable bonds is 7. The molecular formula is C24H20N4O7S. The Bertz CT molecular complexity index is 1390. The molecule has 3 heterocycles. The standard InChI is InChI=1S/C24H20N4O7S/c1-12-4-2-3-5-13(12)8-16(20(29)27-23-25-15(10-36-23)22(31)32)28-21(30)19(26-24(28)33)14-6-7-17-18(9-14)35-11-34-17/h2-7,9-10,16,19H,8,11H2,1H3,(H,26,33)(H,31,32)(H,25,27,29). The Labute approximate surface area is 208 Å². The van der Waals surface area contributed by atoms with Crippen LogP contribution in [0.15, 0.2) is 47.8 Å². The number of hydrogen-bond donors (Lipinski definition) is 3. The number of imide groups is 1. The van der Waals surface area contributed by atoms with Crippen LogP contribution >= 0.6 is 11.3 Å². The fourth-order valence-electron chi connectivity index (χ4n) is 4.07. The van der Waals surface area contributed by atoms with Crippen LogP contribution < -0.4 is 20.1 Å². The fourth-order valence-corrected chi connectivity index (χ4v) is 4.76. The largest absolute Gasteiger partial charge is 0.476 e. The maximum absolute atomic E-state index is 13.5. The monoisotopic (exact) mass is 508 g/mol. The van der Waals surface area contributed by atoms with E-state index in [1.54, 1.807) is 24.3 Å². The summed E-state index contributed by atoms with van der Waals surface area (Å²) < 4.78 is 10.7. The van der Waals surface area contributed by atoms with Crippen molar-refractivity contribution in [2.45, 2.75) is 25.4 Å². The first kappa shape index (κ1) is 23.3. The zero-order valence-electron chi connectivity index (χ0n) is 18.9. The molecule has 3 N–H and O–H groups in total. The maximum atomic E-state index is 13.5. The van der Waals surface area contributed by atoms with E-state index < -0.39 is 35.9 Å². The second kappa shape index (κ2) is 9.30. The van der Waals surface area contributed by atoms with Gasteiger partial charge in [0.05, 0.1) is 0 Å². The maximum Gasteiger partial charge on any atom is 0.355 e. The normalized spacial score (nSPS) is 17.1. The highest BCUT2D eigenvalue weighted by Crippen LogP contribution is 2.36. The highest BCUT2D eigenvalue weighted by atomic mass is 32.1. The Morgan fingerprint density at radius 1 is 1.22 bits per heavy atom. The number of urea groups is 1. The average Bonchev–Trinajstić information content (AvgIpc) is 3.58. The lowest BCUT2D eigenvalue weighted by Crippen LogP contribution is -2.49. The molecule has 0 spiro atoms. The summed E-state index contributed by atoms with van der Waals surface area (Å²) in [5.41, 5.74) is 1.93. The van der Waals surface area contributed by atoms with Crippen molar-refractivity contribution in [3.63, 3.8) is 0 Å². The Kier molecular flexibility index (Phi) is 6.02. The van der Waals surface area contributed by atoms with Gasteiger partial charge in [0.2, 0.25) is 12.7 Å². The van der Waals surface area contributed by atoms with E-state index >= 15 is 0 Å². The number of nitrogens with zero attached hydrogens (tertiary/aromatic N) is 2. The minimum Gasteiger partial charge on any atom is -0.476 e. The Hall–Kier alpha value is -4.45. The molecule has 184 valence electrons. The lowest BCUT2D eigenvalue weighted by atomic mass is 9.99. The van der Waals surface area contributed by atoms with Gasteiger partial charge < -0.3 is 25.2 Å². The van der Waals surface area contributed by atoms with Crippen LogP contribution in [0.1, 0.15) is 33.2 Å². The van der Waals surface area contributed by atoms with Crippen LogP contribution in [-0.4, -0.2) is 51.6 Å². The van der Waals surface area contributed by atoms with Crippen molar-refractivity contribution in [2.75, 3.05) is 12.1 Å². The molecule has 2 atom stereocenters. The van der Waals surface area contributed by atoms with Crippen molar-refractivity contribution in [2.24, 2.45) is 0 Å². The smallest absolute Gasteiger partial charge is 0.355 e. The lowest BCUT2D eigenvalue weighted by Gasteiger charge is -2.25. The number of carbonyl (C=O) groups is 4. The molecule has 0 radical (unpaired) electrons. The molecule has 2 aromatic carbocycles. The molecular weight excluding hydrogens is 488 g/mol. The predicted octanol–water partition coefficient (Wildman–Crippen LogP) is 2.72. The number of hydrogen-bond acceptors (Lipinski definition) is 8. The SMILES string of the molecule is Cc1ccccc1CC(C(=O)Nc1nc(C(=O)O)cs1)N1C(=O)NC(c2ccc3c(c2)OCO3)C1=O. The summed E-state index contributed by atoms with van der Waals surface area (Å²) in [5, 5.41) is 15.7. The van der Waals surface area contributed by atoms with Gasteiger partial charge in [0.25, 0.3) is 5.91 Å². The number of aryl methyl sites for hydroxylation is 1. The van der Waals surface area contributed by atoms with Gasteiger partial charge in [-0.1, -0.05) is 30.3 Å². The van der Waals surface area contributed by atoms with Gasteiger partial charge in [-0.25, -0.2) is 19.5 Å². The second-order valence-electron chi connectivity index (χ2n) is 8.18. The molecule has 0 aliphatic carbocycles. The van der Waals surface area contributed by atoms with Crippen molar-refractivity contribution in [1.82, 2.24) is 15.2 Å². The molecule has 1 saturated heterocycles. The molecule has 0 bridgehead atoms. The molecule has 2 aliphatic heterocycles. The summed E-state index contributed by atoms with van der Waals surface area (Å²) in [6, 6.07) is 9.31. The number of nitrogens with one attached hydrogen (secondary N) is 2. The first-order valence-electron chi connectivity index (χ1n) is 10.9. The zero-order chi connectivity index (χ0) is 25.4. The Morgan fingerprint density at radius 2 is 2.00 bits per heavy atom. The van der Waals surface area contributed by atoms with Gasteiger partial charge in [-0.15, -0.1) is 11.3 Å². The van der Waals surface area contributed by atoms with Crippen molar-refractivity contribution < 1.29 is 33.8 Å². The lowest BCUT2D eigenvalue weighted by molar-refractivity contribution is -0.134. The fraction of sp³-hybridized carbons (Fsp3) is 0.208. The van der Waals surface area contributed by atoms with E-state index in [2.05, 4.69) is 15.6 Å². The molecule has 2 unspecified atom stereocenters. The molecule has 11 nitrogen and oxygen atoms in total. The molecule has 1 fully saturated rings. The van der Waals surface area contributed by atoms with Gasteiger partial charge in [0.15, 0.2) is 22.3 Å². The average molecular weight is 509 g/mol. The Balaban J connectivity index is 1.45. The highest BCUT2D eigenvalue weighted by Gasteiger charge is 2.45. The number of carbonyl (C=O) groups excluding carboxylic acids is 3. The van der Waals surface area contributed by atoms with Crippen LogP contribution in [0.5, 0.6) is 11.5 Å². The van der Waals surface area contributed by atoms with Crippen LogP contribution in [0.4, 0.5) is 9.93 Å². The van der Waals surface area contributed by atoms with Gasteiger partial charge in [-0.2, -0.15) is 0 Å². The molecule has 0 saturated carbocycles. The van der Waals surface area contributed by atoms with Crippen molar-refractivity contribution >= 4 is 40.3 Å². The number of aromatic carboxylic acids is 1. The number of thiazole rings is 1. The molecule has 36 heavy (non-hydrogen) atoms. The third kappa shape index (κ3) is 4.33. The van der Waals surface area contributed by atoms with Gasteiger partial charge >= 0.3 is 12.0 Å². The van der Waals surface area contributed by atoms with Crippen LogP contribution in [0, 0.1) is 6.92 Å². The number of ether oxygens (including phenoxy) is 2. The van der Waals surface area contributed by atoms with E-state index in [0.29, 0.717) is 17.1 Å². The van der Waals surface area contributed by atoms with Crippen LogP contribution in [0.3, 0.4) is 0 Å². The molecule has 1 aromatic heterocycles. The van der Waals surface area contributed by atoms with E-state index in [1.165, 1.54) is 5.38 Å². The summed E-state index contributed by atoms with van der Waals surface area (Å²) in [6.07, 6.45) is 0.0582. The van der Waals surface area contributed by atoms with Crippen molar-refractivity contribution in [3.05, 3.63) is 70.2 Å². The van der Waals surface area contributed by atoms with E-state index in [0.717, 1.165) is 27.4 Å². The number of amides is 4.